The highest BCUT2D eigenvalue weighted by Gasteiger charge is 2.52. The zero-order chi connectivity index (χ0) is 17.5. The zero-order valence-corrected chi connectivity index (χ0v) is 15.0. The number of benzene rings is 2. The van der Waals surface area contributed by atoms with E-state index in [1.54, 1.807) is 38.4 Å². The Morgan fingerprint density at radius 1 is 1.12 bits per heavy atom. The van der Waals surface area contributed by atoms with Gasteiger partial charge in [0.2, 0.25) is 5.78 Å². The molecule has 1 aliphatic rings. The monoisotopic (exact) mass is 385 g/mol. The average molecular weight is 386 g/mol. The molecule has 0 N–H and O–H groups in total. The molecule has 1 amide bonds. The van der Waals surface area contributed by atoms with Gasteiger partial charge in [-0.05, 0) is 29.3 Å². The summed E-state index contributed by atoms with van der Waals surface area (Å²) in [4.78, 5) is 27.1. The first-order valence-electron chi connectivity index (χ1n) is 7.36. The van der Waals surface area contributed by atoms with Gasteiger partial charge in [-0.2, -0.15) is 0 Å². The number of ether oxygens (including phenoxy) is 1. The number of Topliss-reactive ketones (excluding diaryl/α,β-unsaturated/α-hetero) is 1. The van der Waals surface area contributed by atoms with Crippen molar-refractivity contribution in [3.05, 3.63) is 70.7 Å². The molecule has 1 atom stereocenters. The minimum atomic E-state index is -1.26. The summed E-state index contributed by atoms with van der Waals surface area (Å²) in [6.45, 7) is 3.97. The molecule has 1 unspecified atom stereocenters. The van der Waals surface area contributed by atoms with E-state index in [1.807, 2.05) is 24.3 Å². The highest BCUT2D eigenvalue weighted by molar-refractivity contribution is 9.11. The third-order valence-electron chi connectivity index (χ3n) is 4.44. The molecule has 122 valence electrons. The van der Waals surface area contributed by atoms with Crippen molar-refractivity contribution in [3.8, 4) is 5.75 Å². The quantitative estimate of drug-likeness (QED) is 0.760. The molecule has 4 nitrogen and oxygen atoms in total. The van der Waals surface area contributed by atoms with Crippen LogP contribution in [0.4, 0.5) is 5.69 Å². The van der Waals surface area contributed by atoms with Crippen LogP contribution < -0.4 is 9.64 Å². The van der Waals surface area contributed by atoms with Gasteiger partial charge in [0.05, 0.1) is 7.11 Å². The first-order chi connectivity index (χ1) is 11.4. The van der Waals surface area contributed by atoms with E-state index < -0.39 is 17.1 Å². The van der Waals surface area contributed by atoms with Crippen LogP contribution >= 0.6 is 15.9 Å². The second kappa shape index (κ2) is 5.91. The predicted octanol–water partition coefficient (Wildman–Crippen LogP) is 3.44. The summed E-state index contributed by atoms with van der Waals surface area (Å²) in [5.41, 5.74) is 0.832. The van der Waals surface area contributed by atoms with Crippen LogP contribution in [0.1, 0.15) is 11.1 Å². The summed E-state index contributed by atoms with van der Waals surface area (Å²) >= 11 is 3.41. The number of halogens is 1. The number of nitrogens with zero attached hydrogens (tertiary/aromatic N) is 1. The van der Waals surface area contributed by atoms with E-state index in [1.165, 1.54) is 4.90 Å². The van der Waals surface area contributed by atoms with Crippen molar-refractivity contribution in [2.45, 2.75) is 5.41 Å². The highest BCUT2D eigenvalue weighted by Crippen LogP contribution is 2.48. The number of anilines is 1. The molecule has 0 saturated heterocycles. The normalized spacial score (nSPS) is 19.9. The van der Waals surface area contributed by atoms with Crippen LogP contribution in [0.15, 0.2) is 59.6 Å². The van der Waals surface area contributed by atoms with Crippen LogP contribution in [-0.4, -0.2) is 25.8 Å². The fraction of sp³-hybridized carbons (Fsp3) is 0.158. The summed E-state index contributed by atoms with van der Waals surface area (Å²) in [6.07, 6.45) is 0. The SMILES string of the molecule is C=C(Br)C1(c2ccc(OC)cc2)C(=O)C(=O)N(C)c2ccccc21. The molecule has 5 heteroatoms. The summed E-state index contributed by atoms with van der Waals surface area (Å²) < 4.78 is 5.62. The van der Waals surface area contributed by atoms with Crippen molar-refractivity contribution in [1.82, 2.24) is 0 Å². The van der Waals surface area contributed by atoms with Crippen molar-refractivity contribution < 1.29 is 14.3 Å². The Morgan fingerprint density at radius 2 is 1.75 bits per heavy atom. The van der Waals surface area contributed by atoms with Crippen molar-refractivity contribution in [2.24, 2.45) is 0 Å². The van der Waals surface area contributed by atoms with Crippen molar-refractivity contribution >= 4 is 33.3 Å². The van der Waals surface area contributed by atoms with Crippen LogP contribution in [0.3, 0.4) is 0 Å². The summed E-state index contributed by atoms with van der Waals surface area (Å²) in [5, 5.41) is 0. The van der Waals surface area contributed by atoms with Gasteiger partial charge in [-0.3, -0.25) is 9.59 Å². The number of methoxy groups -OCH3 is 1. The van der Waals surface area contributed by atoms with Gasteiger partial charge in [0.25, 0.3) is 5.91 Å². The third-order valence-corrected chi connectivity index (χ3v) is 5.03. The Morgan fingerprint density at radius 3 is 2.33 bits per heavy atom. The van der Waals surface area contributed by atoms with Gasteiger partial charge in [-0.15, -0.1) is 0 Å². The number of carbonyl (C=O) groups is 2. The lowest BCUT2D eigenvalue weighted by atomic mass is 9.68. The minimum absolute atomic E-state index is 0.430. The molecular formula is C19H16BrNO3. The maximum absolute atomic E-state index is 13.1. The Bertz CT molecular complexity index is 844. The summed E-state index contributed by atoms with van der Waals surface area (Å²) in [7, 11) is 3.18. The van der Waals surface area contributed by atoms with Gasteiger partial charge in [0, 0.05) is 17.2 Å². The molecule has 0 radical (unpaired) electrons. The van der Waals surface area contributed by atoms with Crippen LogP contribution in [-0.2, 0) is 15.0 Å². The van der Waals surface area contributed by atoms with Crippen LogP contribution in [0.5, 0.6) is 5.75 Å². The second-order valence-corrected chi connectivity index (χ2v) is 6.55. The number of likely N-dealkylation sites (N-methyl/N-ethyl adjacent to an activating group) is 1. The first kappa shape index (κ1) is 16.5. The Kier molecular flexibility index (Phi) is 4.05. The lowest BCUT2D eigenvalue weighted by Crippen LogP contribution is -2.52. The zero-order valence-electron chi connectivity index (χ0n) is 13.4. The molecule has 2 aromatic rings. The molecule has 1 aliphatic heterocycles. The van der Waals surface area contributed by atoms with E-state index in [0.717, 1.165) is 5.56 Å². The average Bonchev–Trinajstić information content (AvgIpc) is 2.60. The maximum Gasteiger partial charge on any atom is 0.295 e. The van der Waals surface area contributed by atoms with Crippen LogP contribution in [0.25, 0.3) is 0 Å². The number of hydrogen-bond acceptors (Lipinski definition) is 3. The van der Waals surface area contributed by atoms with Gasteiger partial charge in [0.1, 0.15) is 11.2 Å². The van der Waals surface area contributed by atoms with E-state index in [2.05, 4.69) is 22.5 Å². The van der Waals surface area contributed by atoms with Gasteiger partial charge in [0.15, 0.2) is 0 Å². The van der Waals surface area contributed by atoms with E-state index in [9.17, 15) is 9.59 Å². The number of rotatable bonds is 3. The second-order valence-electron chi connectivity index (χ2n) is 5.59. The van der Waals surface area contributed by atoms with E-state index in [-0.39, 0.29) is 0 Å². The van der Waals surface area contributed by atoms with Crippen molar-refractivity contribution in [1.29, 1.82) is 0 Å². The predicted molar refractivity (Wildman–Crippen MR) is 96.7 cm³/mol. The van der Waals surface area contributed by atoms with E-state index in [0.29, 0.717) is 21.5 Å². The molecule has 0 fully saturated rings. The topological polar surface area (TPSA) is 46.6 Å². The number of allylic oxidation sites excluding steroid dienone is 1. The van der Waals surface area contributed by atoms with Crippen LogP contribution in [0.2, 0.25) is 0 Å². The van der Waals surface area contributed by atoms with Crippen LogP contribution in [0, 0.1) is 0 Å². The molecule has 1 heterocycles. The highest BCUT2D eigenvalue weighted by atomic mass is 79.9. The molecule has 0 aliphatic carbocycles. The molecule has 0 spiro atoms. The molecule has 0 saturated carbocycles. The number of amides is 1. The first-order valence-corrected chi connectivity index (χ1v) is 8.15. The molecule has 2 aromatic carbocycles. The van der Waals surface area contributed by atoms with Crippen molar-refractivity contribution in [3.63, 3.8) is 0 Å². The summed E-state index contributed by atoms with van der Waals surface area (Å²) in [6, 6.07) is 14.5. The molecule has 24 heavy (non-hydrogen) atoms. The Hall–Kier alpha value is -2.40. The van der Waals surface area contributed by atoms with Gasteiger partial charge >= 0.3 is 0 Å². The third kappa shape index (κ3) is 2.12. The van der Waals surface area contributed by atoms with Crippen molar-refractivity contribution in [2.75, 3.05) is 19.1 Å². The standard InChI is InChI=1S/C19H16BrNO3/c1-12(20)19(13-8-10-14(24-3)11-9-13)15-6-4-5-7-16(15)21(2)18(23)17(19)22/h4-11H,1H2,2-3H3. The number of carbonyl (C=O) groups excluding carboxylic acids is 2. The van der Waals surface area contributed by atoms with Gasteiger partial charge in [-0.25, -0.2) is 0 Å². The lowest BCUT2D eigenvalue weighted by Gasteiger charge is -2.40. The van der Waals surface area contributed by atoms with Gasteiger partial charge < -0.3 is 9.64 Å². The van der Waals surface area contributed by atoms with E-state index in [4.69, 9.17) is 4.74 Å². The summed E-state index contributed by atoms with van der Waals surface area (Å²) in [5.74, 6) is -0.421. The number of hydrogen-bond donors (Lipinski definition) is 0. The fourth-order valence-corrected chi connectivity index (χ4v) is 3.80. The number of fused-ring (bicyclic) bond motifs is 1. The molecule has 0 bridgehead atoms. The maximum atomic E-state index is 13.1. The molecule has 0 aromatic heterocycles. The largest absolute Gasteiger partial charge is 0.497 e. The Balaban J connectivity index is 2.36. The smallest absolute Gasteiger partial charge is 0.295 e. The van der Waals surface area contributed by atoms with E-state index >= 15 is 0 Å². The lowest BCUT2D eigenvalue weighted by molar-refractivity contribution is -0.138. The van der Waals surface area contributed by atoms with Gasteiger partial charge in [-0.1, -0.05) is 52.8 Å². The molecular weight excluding hydrogens is 370 g/mol. The Labute approximate surface area is 148 Å². The minimum Gasteiger partial charge on any atom is -0.497 e. The number of ketones is 1. The number of para-hydroxylation sites is 1. The molecule has 3 rings (SSSR count). The fourth-order valence-electron chi connectivity index (χ4n) is 3.18.